The van der Waals surface area contributed by atoms with Gasteiger partial charge in [0.25, 0.3) is 0 Å². The molecule has 1 aliphatic rings. The van der Waals surface area contributed by atoms with Gasteiger partial charge in [-0.25, -0.2) is 4.79 Å². The van der Waals surface area contributed by atoms with Crippen LogP contribution in [0.3, 0.4) is 0 Å². The van der Waals surface area contributed by atoms with Gasteiger partial charge in [-0.05, 0) is 6.08 Å². The van der Waals surface area contributed by atoms with Crippen molar-refractivity contribution in [2.75, 3.05) is 13.6 Å². The van der Waals surface area contributed by atoms with E-state index >= 15 is 0 Å². The molecule has 0 unspecified atom stereocenters. The standard InChI is InChI=1S/C6H9N3O/c1-7-6(10)9-4-2-3-8-5-9/h2-4H,5H2,1H3,(H,7,10)/i1D3. The Kier molecular flexibility index (Phi) is 1.13. The monoisotopic (exact) mass is 142 g/mol. The van der Waals surface area contributed by atoms with Gasteiger partial charge in [-0.2, -0.15) is 0 Å². The van der Waals surface area contributed by atoms with Crippen molar-refractivity contribution >= 4 is 12.2 Å². The van der Waals surface area contributed by atoms with Gasteiger partial charge in [-0.15, -0.1) is 0 Å². The summed E-state index contributed by atoms with van der Waals surface area (Å²) in [5.41, 5.74) is 0. The van der Waals surface area contributed by atoms with Crippen LogP contribution in [0.4, 0.5) is 4.79 Å². The molecule has 4 heteroatoms. The molecule has 10 heavy (non-hydrogen) atoms. The third-order valence-corrected chi connectivity index (χ3v) is 1.06. The highest BCUT2D eigenvalue weighted by molar-refractivity contribution is 5.79. The number of nitrogens with one attached hydrogen (secondary N) is 1. The first kappa shape index (κ1) is 3.75. The topological polar surface area (TPSA) is 44.7 Å². The predicted molar refractivity (Wildman–Crippen MR) is 38.8 cm³/mol. The van der Waals surface area contributed by atoms with Gasteiger partial charge in [0.2, 0.25) is 0 Å². The van der Waals surface area contributed by atoms with Crippen LogP contribution in [0.5, 0.6) is 0 Å². The van der Waals surface area contributed by atoms with Gasteiger partial charge >= 0.3 is 6.03 Å². The molecular formula is C6H9N3O. The van der Waals surface area contributed by atoms with Crippen LogP contribution in [0, 0.1) is 0 Å². The Balaban J connectivity index is 2.49. The van der Waals surface area contributed by atoms with Crippen LogP contribution < -0.4 is 5.32 Å². The van der Waals surface area contributed by atoms with Gasteiger partial charge in [-0.3, -0.25) is 9.89 Å². The molecule has 54 valence electrons. The fourth-order valence-corrected chi connectivity index (χ4v) is 0.589. The zero-order valence-electron chi connectivity index (χ0n) is 8.24. The minimum absolute atomic E-state index is 0.151. The maximum Gasteiger partial charge on any atom is 0.322 e. The first-order valence-corrected chi connectivity index (χ1v) is 2.74. The largest absolute Gasteiger partial charge is 0.341 e. The van der Waals surface area contributed by atoms with Crippen molar-refractivity contribution in [3.63, 3.8) is 0 Å². The Hall–Kier alpha value is -1.32. The van der Waals surface area contributed by atoms with Gasteiger partial charge in [0.05, 0.1) is 0 Å². The van der Waals surface area contributed by atoms with Crippen molar-refractivity contribution < 1.29 is 8.91 Å². The quantitative estimate of drug-likeness (QED) is 0.515. The zero-order valence-corrected chi connectivity index (χ0v) is 5.24. The lowest BCUT2D eigenvalue weighted by molar-refractivity contribution is 0.218. The van der Waals surface area contributed by atoms with Crippen molar-refractivity contribution in [2.24, 2.45) is 4.99 Å². The summed E-state index contributed by atoms with van der Waals surface area (Å²) < 4.78 is 20.4. The van der Waals surface area contributed by atoms with E-state index in [2.05, 4.69) is 4.99 Å². The third kappa shape index (κ3) is 1.34. The number of carbonyl (C=O) groups is 1. The van der Waals surface area contributed by atoms with E-state index in [0.717, 1.165) is 0 Å². The van der Waals surface area contributed by atoms with E-state index < -0.39 is 13.0 Å². The maximum absolute atomic E-state index is 11.1. The summed E-state index contributed by atoms with van der Waals surface area (Å²) in [5.74, 6) is 0. The summed E-state index contributed by atoms with van der Waals surface area (Å²) in [5, 5.41) is 1.85. The van der Waals surface area contributed by atoms with Crippen LogP contribution in [0.2, 0.25) is 0 Å². The molecule has 0 bridgehead atoms. The number of nitrogens with zero attached hydrogens (tertiary/aromatic N) is 2. The number of aliphatic imine (C=N–C) groups is 1. The number of hydrogen-bond donors (Lipinski definition) is 1. The molecule has 1 N–H and O–H groups in total. The molecule has 0 aromatic heterocycles. The molecule has 0 fully saturated rings. The number of carbonyl (C=O) groups excluding carboxylic acids is 1. The summed E-state index contributed by atoms with van der Waals surface area (Å²) in [6, 6.07) is -0.673. The molecule has 0 aliphatic carbocycles. The molecule has 0 saturated carbocycles. The number of rotatable bonds is 0. The third-order valence-electron chi connectivity index (χ3n) is 1.06. The Morgan fingerprint density at radius 1 is 2.00 bits per heavy atom. The lowest BCUT2D eigenvalue weighted by atomic mass is 10.5. The molecule has 0 saturated heterocycles. The Morgan fingerprint density at radius 3 is 3.50 bits per heavy atom. The van der Waals surface area contributed by atoms with E-state index in [1.807, 2.05) is 5.32 Å². The Bertz CT molecular complexity index is 258. The number of amides is 2. The van der Waals surface area contributed by atoms with E-state index in [1.54, 1.807) is 12.3 Å². The summed E-state index contributed by atoms with van der Waals surface area (Å²) >= 11 is 0. The van der Waals surface area contributed by atoms with Crippen molar-refractivity contribution in [3.8, 4) is 0 Å². The average molecular weight is 142 g/mol. The molecule has 0 radical (unpaired) electrons. The second-order valence-corrected chi connectivity index (χ2v) is 1.71. The minimum atomic E-state index is -2.45. The highest BCUT2D eigenvalue weighted by Crippen LogP contribution is 1.94. The van der Waals surface area contributed by atoms with E-state index in [9.17, 15) is 4.79 Å². The molecular weight excluding hydrogens is 130 g/mol. The van der Waals surface area contributed by atoms with E-state index in [0.29, 0.717) is 0 Å². The predicted octanol–water partition coefficient (Wildman–Crippen LogP) is 0.183. The maximum atomic E-state index is 11.1. The average Bonchev–Trinajstić information content (AvgIpc) is 2.03. The summed E-state index contributed by atoms with van der Waals surface area (Å²) in [4.78, 5) is 16.1. The van der Waals surface area contributed by atoms with E-state index in [4.69, 9.17) is 4.11 Å². The van der Waals surface area contributed by atoms with Crippen molar-refractivity contribution in [1.82, 2.24) is 10.2 Å². The lowest BCUT2D eigenvalue weighted by Crippen LogP contribution is -2.35. The van der Waals surface area contributed by atoms with E-state index in [1.165, 1.54) is 11.1 Å². The van der Waals surface area contributed by atoms with Crippen LogP contribution in [0.15, 0.2) is 17.3 Å². The second kappa shape index (κ2) is 3.00. The molecule has 4 nitrogen and oxygen atoms in total. The lowest BCUT2D eigenvalue weighted by Gasteiger charge is -2.16. The van der Waals surface area contributed by atoms with Crippen LogP contribution in [0.1, 0.15) is 4.11 Å². The number of allylic oxidation sites excluding steroid dienone is 1. The normalized spacial score (nSPS) is 21.2. The Labute approximate surface area is 63.4 Å². The molecule has 1 heterocycles. The summed E-state index contributed by atoms with van der Waals surface area (Å²) in [6.45, 7) is -2.30. The fraction of sp³-hybridized carbons (Fsp3) is 0.333. The first-order valence-electron chi connectivity index (χ1n) is 4.24. The van der Waals surface area contributed by atoms with Crippen molar-refractivity contribution in [1.29, 1.82) is 0 Å². The fourth-order valence-electron chi connectivity index (χ4n) is 0.589. The first-order chi connectivity index (χ1) is 5.99. The highest BCUT2D eigenvalue weighted by Gasteiger charge is 2.06. The van der Waals surface area contributed by atoms with Crippen LogP contribution >= 0.6 is 0 Å². The zero-order chi connectivity index (χ0) is 9.90. The molecule has 0 aromatic rings. The van der Waals surface area contributed by atoms with Crippen LogP contribution in [-0.4, -0.2) is 30.8 Å². The SMILES string of the molecule is [2H]C([2H])([2H])NC(=O)N1C=CC=NC1. The molecule has 1 aliphatic heterocycles. The van der Waals surface area contributed by atoms with Gasteiger partial charge in [0.15, 0.2) is 0 Å². The molecule has 2 amide bonds. The van der Waals surface area contributed by atoms with E-state index in [-0.39, 0.29) is 6.67 Å². The van der Waals surface area contributed by atoms with Crippen LogP contribution in [0.25, 0.3) is 0 Å². The van der Waals surface area contributed by atoms with Crippen LogP contribution in [-0.2, 0) is 0 Å². The highest BCUT2D eigenvalue weighted by atomic mass is 16.2. The van der Waals surface area contributed by atoms with Crippen molar-refractivity contribution in [2.45, 2.75) is 0 Å². The van der Waals surface area contributed by atoms with Crippen molar-refractivity contribution in [3.05, 3.63) is 12.3 Å². The summed E-state index contributed by atoms with van der Waals surface area (Å²) in [6.07, 6.45) is 4.57. The molecule has 1 rings (SSSR count). The second-order valence-electron chi connectivity index (χ2n) is 1.71. The summed E-state index contributed by atoms with van der Waals surface area (Å²) in [7, 11) is 0. The van der Waals surface area contributed by atoms with Gasteiger partial charge in [0.1, 0.15) is 6.67 Å². The minimum Gasteiger partial charge on any atom is -0.341 e. The number of urea groups is 1. The molecule has 0 aromatic carbocycles. The van der Waals surface area contributed by atoms with Gasteiger partial charge < -0.3 is 5.32 Å². The van der Waals surface area contributed by atoms with Gasteiger partial charge in [0, 0.05) is 23.5 Å². The molecule has 0 spiro atoms. The Morgan fingerprint density at radius 2 is 2.90 bits per heavy atom. The number of hydrogen-bond acceptors (Lipinski definition) is 2. The smallest absolute Gasteiger partial charge is 0.322 e. The van der Waals surface area contributed by atoms with Gasteiger partial charge in [-0.1, -0.05) is 0 Å². The molecule has 0 atom stereocenters.